The van der Waals surface area contributed by atoms with Gasteiger partial charge in [0.05, 0.1) is 29.2 Å². The molecule has 1 atom stereocenters. The molecule has 0 aliphatic heterocycles. The van der Waals surface area contributed by atoms with Crippen molar-refractivity contribution in [3.63, 3.8) is 0 Å². The summed E-state index contributed by atoms with van der Waals surface area (Å²) in [5.74, 6) is -0.618. The van der Waals surface area contributed by atoms with Gasteiger partial charge in [-0.15, -0.1) is 0 Å². The molecule has 0 spiro atoms. The third-order valence-electron chi connectivity index (χ3n) is 6.64. The molecule has 2 N–H and O–H groups in total. The van der Waals surface area contributed by atoms with E-state index in [1.807, 2.05) is 61.5 Å². The van der Waals surface area contributed by atoms with Crippen LogP contribution in [0, 0.1) is 6.92 Å². The van der Waals surface area contributed by atoms with Crippen molar-refractivity contribution in [3.05, 3.63) is 125 Å². The Morgan fingerprint density at radius 3 is 2.26 bits per heavy atom. The molecular weight excluding hydrogens is 512 g/mol. The molecule has 5 aromatic rings. The van der Waals surface area contributed by atoms with Gasteiger partial charge < -0.3 is 14.5 Å². The first-order valence-corrected chi connectivity index (χ1v) is 13.9. The molecule has 1 aromatic heterocycles. The number of benzene rings is 4. The van der Waals surface area contributed by atoms with Crippen molar-refractivity contribution in [1.82, 2.24) is 0 Å². The van der Waals surface area contributed by atoms with Gasteiger partial charge in [-0.25, -0.2) is 13.2 Å². The van der Waals surface area contributed by atoms with E-state index in [1.54, 1.807) is 49.5 Å². The minimum Gasteiger partial charge on any atom is -0.465 e. The number of rotatable bonds is 8. The zero-order valence-corrected chi connectivity index (χ0v) is 22.6. The number of fused-ring (bicyclic) bond motifs is 1. The zero-order chi connectivity index (χ0) is 27.6. The molecule has 0 radical (unpaired) electrons. The maximum absolute atomic E-state index is 13.5. The van der Waals surface area contributed by atoms with Gasteiger partial charge in [0, 0.05) is 18.1 Å². The summed E-state index contributed by atoms with van der Waals surface area (Å²) in [4.78, 5) is 12.8. The molecule has 0 aliphatic carbocycles. The summed E-state index contributed by atoms with van der Waals surface area (Å²) in [5, 5.41) is 3.66. The van der Waals surface area contributed by atoms with E-state index in [0.29, 0.717) is 33.7 Å². The molecule has 0 saturated heterocycles. The minimum absolute atomic E-state index is 0.145. The van der Waals surface area contributed by atoms with E-state index in [0.717, 1.165) is 16.7 Å². The van der Waals surface area contributed by atoms with E-state index in [2.05, 4.69) is 10.0 Å². The maximum atomic E-state index is 13.5. The van der Waals surface area contributed by atoms with Gasteiger partial charge in [0.25, 0.3) is 10.0 Å². The second-order valence-corrected chi connectivity index (χ2v) is 10.8. The quantitative estimate of drug-likeness (QED) is 0.217. The fraction of sp³-hybridized carbons (Fsp3) is 0.129. The van der Waals surface area contributed by atoms with Gasteiger partial charge in [-0.2, -0.15) is 0 Å². The fourth-order valence-electron chi connectivity index (χ4n) is 4.66. The largest absolute Gasteiger partial charge is 0.465 e. The summed E-state index contributed by atoms with van der Waals surface area (Å²) in [6.45, 7) is 1.90. The van der Waals surface area contributed by atoms with E-state index >= 15 is 0 Å². The number of hydrogen-bond donors (Lipinski definition) is 2. The number of esters is 1. The van der Waals surface area contributed by atoms with Crippen LogP contribution in [0.1, 0.15) is 38.7 Å². The highest BCUT2D eigenvalue weighted by Gasteiger charge is 2.30. The first kappa shape index (κ1) is 26.1. The molecule has 198 valence electrons. The second-order valence-electron chi connectivity index (χ2n) is 9.15. The van der Waals surface area contributed by atoms with E-state index in [4.69, 9.17) is 9.15 Å². The summed E-state index contributed by atoms with van der Waals surface area (Å²) < 4.78 is 41.3. The topological polar surface area (TPSA) is 97.6 Å². The lowest BCUT2D eigenvalue weighted by Crippen LogP contribution is -2.15. The lowest BCUT2D eigenvalue weighted by molar-refractivity contribution is 0.0601. The van der Waals surface area contributed by atoms with Crippen LogP contribution in [0.3, 0.4) is 0 Å². The van der Waals surface area contributed by atoms with Crippen LogP contribution in [0.5, 0.6) is 0 Å². The Balaban J connectivity index is 1.74. The molecule has 0 bridgehead atoms. The number of hydrogen-bond acceptors (Lipinski definition) is 6. The van der Waals surface area contributed by atoms with Crippen molar-refractivity contribution >= 4 is 38.3 Å². The number of para-hydroxylation sites is 1. The molecule has 8 heteroatoms. The number of furan rings is 1. The number of anilines is 2. The first-order valence-electron chi connectivity index (χ1n) is 12.4. The molecule has 7 nitrogen and oxygen atoms in total. The maximum Gasteiger partial charge on any atom is 0.339 e. The Kier molecular flexibility index (Phi) is 7.13. The van der Waals surface area contributed by atoms with Gasteiger partial charge >= 0.3 is 5.97 Å². The van der Waals surface area contributed by atoms with Crippen LogP contribution in [0.4, 0.5) is 11.4 Å². The summed E-state index contributed by atoms with van der Waals surface area (Å²) in [6.07, 6.45) is 0. The lowest BCUT2D eigenvalue weighted by atomic mass is 9.87. The smallest absolute Gasteiger partial charge is 0.339 e. The van der Waals surface area contributed by atoms with E-state index in [-0.39, 0.29) is 4.90 Å². The highest BCUT2D eigenvalue weighted by Crippen LogP contribution is 2.43. The van der Waals surface area contributed by atoms with Gasteiger partial charge in [0.15, 0.2) is 0 Å². The second kappa shape index (κ2) is 10.7. The number of aryl methyl sites for hydroxylation is 1. The number of nitrogens with one attached hydrogen (secondary N) is 2. The number of carbonyl (C=O) groups is 1. The number of sulfonamides is 1. The first-order chi connectivity index (χ1) is 18.8. The number of carbonyl (C=O) groups excluding carboxylic acids is 1. The standard InChI is InChI=1S/C31H28N2O5S/c1-20-13-16-23(17-14-20)39(35,36)33-29-24-11-7-8-12-27(24)38-30(29)28(21-9-5-4-6-10-21)22-15-18-26(32-2)25(19-22)31(34)37-3/h4-19,28,32-33H,1-3H3/t28-/m1/s1. The van der Waals surface area contributed by atoms with Crippen molar-refractivity contribution in [3.8, 4) is 0 Å². The van der Waals surface area contributed by atoms with Gasteiger partial charge in [-0.3, -0.25) is 4.72 Å². The van der Waals surface area contributed by atoms with Crippen molar-refractivity contribution in [2.45, 2.75) is 17.7 Å². The average Bonchev–Trinajstić information content (AvgIpc) is 3.30. The Morgan fingerprint density at radius 2 is 1.56 bits per heavy atom. The molecule has 0 amide bonds. The Bertz CT molecular complexity index is 1740. The molecule has 0 saturated carbocycles. The van der Waals surface area contributed by atoms with Gasteiger partial charge in [0.1, 0.15) is 11.3 Å². The normalized spacial score (nSPS) is 12.2. The average molecular weight is 541 g/mol. The summed E-state index contributed by atoms with van der Waals surface area (Å²) in [6, 6.07) is 29.0. The van der Waals surface area contributed by atoms with Crippen LogP contribution in [-0.4, -0.2) is 28.5 Å². The molecule has 0 unspecified atom stereocenters. The van der Waals surface area contributed by atoms with E-state index in [1.165, 1.54) is 7.11 Å². The molecular formula is C31H28N2O5S. The minimum atomic E-state index is -3.94. The Hall–Kier alpha value is -4.56. The zero-order valence-electron chi connectivity index (χ0n) is 21.8. The van der Waals surface area contributed by atoms with Crippen LogP contribution in [0.15, 0.2) is 106 Å². The van der Waals surface area contributed by atoms with Gasteiger partial charge in [0.2, 0.25) is 0 Å². The molecule has 5 rings (SSSR count). The van der Waals surface area contributed by atoms with Gasteiger partial charge in [-0.1, -0.05) is 66.2 Å². The van der Waals surface area contributed by atoms with Crippen LogP contribution in [-0.2, 0) is 14.8 Å². The molecule has 4 aromatic carbocycles. The Labute approximate surface area is 227 Å². The fourth-order valence-corrected chi connectivity index (χ4v) is 5.75. The van der Waals surface area contributed by atoms with E-state index in [9.17, 15) is 13.2 Å². The third-order valence-corrected chi connectivity index (χ3v) is 8.00. The molecule has 0 aliphatic rings. The molecule has 39 heavy (non-hydrogen) atoms. The SMILES string of the molecule is CNc1ccc([C@@H](c2ccccc2)c2oc3ccccc3c2NS(=O)(=O)c2ccc(C)cc2)cc1C(=O)OC. The van der Waals surface area contributed by atoms with Crippen LogP contribution < -0.4 is 10.0 Å². The van der Waals surface area contributed by atoms with Crippen molar-refractivity contribution in [2.24, 2.45) is 0 Å². The monoisotopic (exact) mass is 540 g/mol. The highest BCUT2D eigenvalue weighted by atomic mass is 32.2. The molecule has 1 heterocycles. The predicted octanol–water partition coefficient (Wildman–Crippen LogP) is 6.55. The van der Waals surface area contributed by atoms with Crippen molar-refractivity contribution < 1.29 is 22.4 Å². The Morgan fingerprint density at radius 1 is 0.872 bits per heavy atom. The predicted molar refractivity (Wildman–Crippen MR) is 153 cm³/mol. The van der Waals surface area contributed by atoms with Gasteiger partial charge in [-0.05, 0) is 54.4 Å². The van der Waals surface area contributed by atoms with Crippen molar-refractivity contribution in [2.75, 3.05) is 24.2 Å². The van der Waals surface area contributed by atoms with Crippen LogP contribution in [0.2, 0.25) is 0 Å². The summed E-state index contributed by atoms with van der Waals surface area (Å²) in [5.41, 5.74) is 4.40. The van der Waals surface area contributed by atoms with Crippen LogP contribution in [0.25, 0.3) is 11.0 Å². The molecule has 0 fully saturated rings. The number of ether oxygens (including phenoxy) is 1. The summed E-state index contributed by atoms with van der Waals surface area (Å²) >= 11 is 0. The van der Waals surface area contributed by atoms with Crippen molar-refractivity contribution in [1.29, 1.82) is 0 Å². The van der Waals surface area contributed by atoms with E-state index < -0.39 is 21.9 Å². The lowest BCUT2D eigenvalue weighted by Gasteiger charge is -2.20. The third kappa shape index (κ3) is 5.11. The van der Waals surface area contributed by atoms with Crippen LogP contribution >= 0.6 is 0 Å². The summed E-state index contributed by atoms with van der Waals surface area (Å²) in [7, 11) is -0.879. The highest BCUT2D eigenvalue weighted by molar-refractivity contribution is 7.92. The number of methoxy groups -OCH3 is 1.